The molecule has 2 aromatic carbocycles. The lowest BCUT2D eigenvalue weighted by molar-refractivity contribution is -0.274. The molecule has 6 nitrogen and oxygen atoms in total. The van der Waals surface area contributed by atoms with E-state index in [4.69, 9.17) is 9.47 Å². The number of hydrogen-bond acceptors (Lipinski definition) is 5. The number of alkyl halides is 6. The Hall–Kier alpha value is -3.31. The molecule has 0 saturated heterocycles. The van der Waals surface area contributed by atoms with E-state index in [9.17, 15) is 36.2 Å². The molecule has 0 spiro atoms. The van der Waals surface area contributed by atoms with Crippen molar-refractivity contribution in [3.63, 3.8) is 0 Å². The second kappa shape index (κ2) is 7.97. The van der Waals surface area contributed by atoms with E-state index < -0.39 is 46.9 Å². The van der Waals surface area contributed by atoms with Crippen molar-refractivity contribution >= 4 is 5.97 Å². The smallest absolute Gasteiger partial charge is 0.496 e. The van der Waals surface area contributed by atoms with Gasteiger partial charge in [0.05, 0.1) is 14.2 Å². The number of ether oxygens (including phenoxy) is 4. The first-order valence-electron chi connectivity index (χ1n) is 7.50. The topological polar surface area (TPSA) is 74.2 Å². The van der Waals surface area contributed by atoms with Crippen LogP contribution in [0.3, 0.4) is 0 Å². The number of aromatic carboxylic acids is 1. The fraction of sp³-hybridized carbons (Fsp3) is 0.235. The lowest BCUT2D eigenvalue weighted by atomic mass is 10.1. The molecule has 0 amide bonds. The van der Waals surface area contributed by atoms with Crippen LogP contribution < -0.4 is 18.9 Å². The number of hydrogen-bond donors (Lipinski definition) is 1. The molecule has 12 heteroatoms. The van der Waals surface area contributed by atoms with Gasteiger partial charge >= 0.3 is 18.5 Å². The third kappa shape index (κ3) is 5.36. The fourth-order valence-electron chi connectivity index (χ4n) is 2.25. The molecular weight excluding hydrogens is 414 g/mol. The lowest BCUT2D eigenvalue weighted by Gasteiger charge is -2.17. The minimum Gasteiger partial charge on any atom is -0.496 e. The van der Waals surface area contributed by atoms with Crippen LogP contribution >= 0.6 is 0 Å². The van der Waals surface area contributed by atoms with Crippen molar-refractivity contribution < 1.29 is 55.2 Å². The van der Waals surface area contributed by atoms with Gasteiger partial charge in [-0.2, -0.15) is 13.2 Å². The van der Waals surface area contributed by atoms with Gasteiger partial charge in [-0.25, -0.2) is 4.79 Å². The van der Waals surface area contributed by atoms with Gasteiger partial charge in [-0.1, -0.05) is 0 Å². The van der Waals surface area contributed by atoms with Gasteiger partial charge in [0.1, 0.15) is 28.4 Å². The first-order chi connectivity index (χ1) is 13.4. The number of carboxylic acid groups (broad SMARTS) is 1. The zero-order valence-corrected chi connectivity index (χ0v) is 14.6. The lowest BCUT2D eigenvalue weighted by Crippen LogP contribution is -2.17. The Labute approximate surface area is 159 Å². The van der Waals surface area contributed by atoms with Crippen molar-refractivity contribution in [2.45, 2.75) is 12.5 Å². The molecule has 29 heavy (non-hydrogen) atoms. The Morgan fingerprint density at radius 1 is 0.862 bits per heavy atom. The number of methoxy groups -OCH3 is 2. The van der Waals surface area contributed by atoms with Crippen LogP contribution in [0.15, 0.2) is 30.3 Å². The average molecular weight is 426 g/mol. The molecule has 0 heterocycles. The molecule has 0 saturated carbocycles. The van der Waals surface area contributed by atoms with Gasteiger partial charge in [0.15, 0.2) is 11.5 Å². The van der Waals surface area contributed by atoms with Crippen molar-refractivity contribution in [1.29, 1.82) is 0 Å². The van der Waals surface area contributed by atoms with Gasteiger partial charge in [0.2, 0.25) is 0 Å². The molecule has 0 fully saturated rings. The molecule has 0 aromatic heterocycles. The van der Waals surface area contributed by atoms with Crippen LogP contribution in [-0.2, 0) is 6.18 Å². The van der Waals surface area contributed by atoms with E-state index in [2.05, 4.69) is 9.47 Å². The minimum atomic E-state index is -4.98. The van der Waals surface area contributed by atoms with Crippen molar-refractivity contribution in [2.24, 2.45) is 0 Å². The van der Waals surface area contributed by atoms with Gasteiger partial charge in [-0.3, -0.25) is 0 Å². The van der Waals surface area contributed by atoms with Gasteiger partial charge in [0.25, 0.3) is 0 Å². The Kier molecular flexibility index (Phi) is 6.04. The van der Waals surface area contributed by atoms with Gasteiger partial charge in [0, 0.05) is 6.07 Å². The molecule has 2 aromatic rings. The highest BCUT2D eigenvalue weighted by atomic mass is 19.4. The highest BCUT2D eigenvalue weighted by Gasteiger charge is 2.36. The van der Waals surface area contributed by atoms with Crippen LogP contribution in [0.1, 0.15) is 15.9 Å². The van der Waals surface area contributed by atoms with Crippen molar-refractivity contribution in [3.05, 3.63) is 41.5 Å². The standard InChI is InChI=1S/C17H12F6O6/c1-26-13-6-9(15(24)25)12(7-10(13)16(18,19)20)28-11-4-3-8(5-14(11)27-2)29-17(21,22)23/h3-7H,1-2H3,(H,24,25). The number of carbonyl (C=O) groups is 1. The molecule has 0 atom stereocenters. The van der Waals surface area contributed by atoms with E-state index in [1.54, 1.807) is 0 Å². The Morgan fingerprint density at radius 2 is 1.48 bits per heavy atom. The van der Waals surface area contributed by atoms with Crippen molar-refractivity contribution in [2.75, 3.05) is 14.2 Å². The Bertz CT molecular complexity index is 907. The molecule has 2 rings (SSSR count). The van der Waals surface area contributed by atoms with E-state index in [1.165, 1.54) is 0 Å². The number of halogens is 6. The van der Waals surface area contributed by atoms with Crippen molar-refractivity contribution in [1.82, 2.24) is 0 Å². The molecule has 158 valence electrons. The first-order valence-corrected chi connectivity index (χ1v) is 7.50. The molecule has 0 aliphatic heterocycles. The summed E-state index contributed by atoms with van der Waals surface area (Å²) in [4.78, 5) is 11.4. The summed E-state index contributed by atoms with van der Waals surface area (Å²) in [7, 11) is 1.99. The minimum absolute atomic E-state index is 0.340. The highest BCUT2D eigenvalue weighted by Crippen LogP contribution is 2.43. The van der Waals surface area contributed by atoms with E-state index in [1.807, 2.05) is 0 Å². The van der Waals surface area contributed by atoms with Gasteiger partial charge < -0.3 is 24.1 Å². The second-order valence-electron chi connectivity index (χ2n) is 5.31. The third-order valence-corrected chi connectivity index (χ3v) is 3.43. The van der Waals surface area contributed by atoms with E-state index in [0.29, 0.717) is 12.1 Å². The second-order valence-corrected chi connectivity index (χ2v) is 5.31. The number of benzene rings is 2. The van der Waals surface area contributed by atoms with Gasteiger partial charge in [-0.05, 0) is 24.3 Å². The van der Waals surface area contributed by atoms with E-state index in [-0.39, 0.29) is 11.5 Å². The maximum atomic E-state index is 13.2. The largest absolute Gasteiger partial charge is 0.573 e. The Balaban J connectivity index is 2.53. The average Bonchev–Trinajstić information content (AvgIpc) is 2.60. The van der Waals surface area contributed by atoms with Crippen LogP contribution in [0, 0.1) is 0 Å². The molecule has 1 N–H and O–H groups in total. The van der Waals surface area contributed by atoms with Crippen LogP contribution in [0.25, 0.3) is 0 Å². The quantitative estimate of drug-likeness (QED) is 0.647. The molecule has 0 radical (unpaired) electrons. The van der Waals surface area contributed by atoms with Crippen LogP contribution in [0.4, 0.5) is 26.3 Å². The summed E-state index contributed by atoms with van der Waals surface area (Å²) < 4.78 is 94.9. The third-order valence-electron chi connectivity index (χ3n) is 3.43. The summed E-state index contributed by atoms with van der Waals surface area (Å²) in [5.41, 5.74) is -1.98. The number of rotatable bonds is 6. The zero-order valence-electron chi connectivity index (χ0n) is 14.6. The highest BCUT2D eigenvalue weighted by molar-refractivity contribution is 5.92. The van der Waals surface area contributed by atoms with E-state index in [0.717, 1.165) is 32.4 Å². The monoisotopic (exact) mass is 426 g/mol. The predicted octanol–water partition coefficient (Wildman–Crippen LogP) is 5.11. The van der Waals surface area contributed by atoms with Crippen LogP contribution in [-0.4, -0.2) is 31.7 Å². The van der Waals surface area contributed by atoms with Crippen LogP contribution in [0.5, 0.6) is 28.7 Å². The molecule has 0 bridgehead atoms. The predicted molar refractivity (Wildman–Crippen MR) is 84.7 cm³/mol. The van der Waals surface area contributed by atoms with Gasteiger partial charge in [-0.15, -0.1) is 13.2 Å². The maximum absolute atomic E-state index is 13.2. The summed E-state index contributed by atoms with van der Waals surface area (Å²) in [6.45, 7) is 0. The normalized spacial score (nSPS) is 11.7. The summed E-state index contributed by atoms with van der Waals surface area (Å²) in [6.07, 6.45) is -9.88. The Morgan fingerprint density at radius 3 is 1.97 bits per heavy atom. The summed E-state index contributed by atoms with van der Waals surface area (Å²) >= 11 is 0. The SMILES string of the molecule is COc1cc(OC(F)(F)F)ccc1Oc1cc(C(F)(F)F)c(OC)cc1C(=O)O. The fourth-order valence-corrected chi connectivity index (χ4v) is 2.25. The number of carboxylic acids is 1. The molecule has 0 aliphatic carbocycles. The van der Waals surface area contributed by atoms with E-state index >= 15 is 0 Å². The summed E-state index contributed by atoms with van der Waals surface area (Å²) in [5, 5.41) is 9.26. The molecule has 0 unspecified atom stereocenters. The first kappa shape index (κ1) is 22.0. The zero-order chi connectivity index (χ0) is 22.0. The summed E-state index contributed by atoms with van der Waals surface area (Å²) in [5.74, 6) is -4.46. The maximum Gasteiger partial charge on any atom is 0.573 e. The molecular formula is C17H12F6O6. The summed E-state index contributed by atoms with van der Waals surface area (Å²) in [6, 6.07) is 3.54. The molecule has 0 aliphatic rings. The van der Waals surface area contributed by atoms with Crippen LogP contribution in [0.2, 0.25) is 0 Å². The van der Waals surface area contributed by atoms with Crippen molar-refractivity contribution in [3.8, 4) is 28.7 Å².